The maximum absolute atomic E-state index is 14.7. The standard InChI is InChI=1S/C23H18F4N4O5S/c1-11-8-13(10-28)17(24)19(35-3)18(11)36-22-16(12(2)20(30-31-22)23(25,26)27)21(32)29-14-6-5-7-15(9-14)37(4,33)34/h5-9H,1-4H3,(H,29,32). The molecule has 0 aliphatic heterocycles. The molecule has 9 nitrogen and oxygen atoms in total. The monoisotopic (exact) mass is 538 g/mol. The first-order valence-corrected chi connectivity index (χ1v) is 12.1. The Labute approximate surface area is 208 Å². The first-order valence-electron chi connectivity index (χ1n) is 10.2. The molecule has 0 bridgehead atoms. The Morgan fingerprint density at radius 3 is 2.38 bits per heavy atom. The van der Waals surface area contributed by atoms with Crippen LogP contribution in [0.5, 0.6) is 17.4 Å². The number of rotatable bonds is 6. The maximum atomic E-state index is 14.7. The van der Waals surface area contributed by atoms with Gasteiger partial charge in [0, 0.05) is 11.9 Å². The lowest BCUT2D eigenvalue weighted by atomic mass is 10.1. The summed E-state index contributed by atoms with van der Waals surface area (Å²) in [6.07, 6.45) is -4.03. The van der Waals surface area contributed by atoms with Gasteiger partial charge in [0.05, 0.1) is 17.6 Å². The number of hydrogen-bond acceptors (Lipinski definition) is 8. The molecular formula is C23H18F4N4O5S. The molecule has 0 saturated heterocycles. The Balaban J connectivity index is 2.17. The molecule has 0 radical (unpaired) electrons. The molecule has 0 atom stereocenters. The SMILES string of the molecule is COc1c(F)c(C#N)cc(C)c1Oc1nnc(C(F)(F)F)c(C)c1C(=O)Nc1cccc(S(C)(=O)=O)c1. The van der Waals surface area contributed by atoms with Crippen LogP contribution in [0, 0.1) is 31.0 Å². The molecule has 1 aromatic heterocycles. The number of methoxy groups -OCH3 is 1. The van der Waals surface area contributed by atoms with E-state index in [9.17, 15) is 30.8 Å². The predicted molar refractivity (Wildman–Crippen MR) is 122 cm³/mol. The lowest BCUT2D eigenvalue weighted by Crippen LogP contribution is -2.21. The molecule has 2 aromatic carbocycles. The van der Waals surface area contributed by atoms with Crippen LogP contribution in [0.2, 0.25) is 0 Å². The predicted octanol–water partition coefficient (Wildman–Crippen LogP) is 4.58. The van der Waals surface area contributed by atoms with Gasteiger partial charge in [-0.15, -0.1) is 10.2 Å². The molecule has 1 amide bonds. The molecule has 0 fully saturated rings. The zero-order valence-corrected chi connectivity index (χ0v) is 20.5. The van der Waals surface area contributed by atoms with Gasteiger partial charge in [-0.05, 0) is 49.2 Å². The van der Waals surface area contributed by atoms with Gasteiger partial charge in [0.15, 0.2) is 32.8 Å². The number of sulfone groups is 1. The van der Waals surface area contributed by atoms with Crippen LogP contribution in [-0.2, 0) is 16.0 Å². The van der Waals surface area contributed by atoms with Crippen molar-refractivity contribution >= 4 is 21.4 Å². The summed E-state index contributed by atoms with van der Waals surface area (Å²) in [6.45, 7) is 2.38. The summed E-state index contributed by atoms with van der Waals surface area (Å²) >= 11 is 0. The van der Waals surface area contributed by atoms with E-state index in [0.717, 1.165) is 32.4 Å². The van der Waals surface area contributed by atoms with Crippen molar-refractivity contribution in [3.05, 3.63) is 64.1 Å². The van der Waals surface area contributed by atoms with Gasteiger partial charge in [0.2, 0.25) is 0 Å². The third-order valence-electron chi connectivity index (χ3n) is 5.08. The van der Waals surface area contributed by atoms with Gasteiger partial charge in [-0.3, -0.25) is 4.79 Å². The number of ether oxygens (including phenoxy) is 2. The molecule has 0 unspecified atom stereocenters. The second-order valence-electron chi connectivity index (χ2n) is 7.74. The van der Waals surface area contributed by atoms with Crippen LogP contribution in [0.25, 0.3) is 0 Å². The van der Waals surface area contributed by atoms with E-state index < -0.39 is 56.2 Å². The second-order valence-corrected chi connectivity index (χ2v) is 9.75. The molecule has 0 aliphatic carbocycles. The fraction of sp³-hybridized carbons (Fsp3) is 0.217. The van der Waals surface area contributed by atoms with Crippen LogP contribution in [0.15, 0.2) is 35.2 Å². The molecule has 0 saturated carbocycles. The largest absolute Gasteiger partial charge is 0.490 e. The number of amides is 1. The number of carbonyl (C=O) groups excluding carboxylic acids is 1. The van der Waals surface area contributed by atoms with Crippen molar-refractivity contribution < 1.29 is 40.2 Å². The third-order valence-corrected chi connectivity index (χ3v) is 6.20. The number of anilines is 1. The molecule has 37 heavy (non-hydrogen) atoms. The summed E-state index contributed by atoms with van der Waals surface area (Å²) in [4.78, 5) is 13.0. The quantitative estimate of drug-likeness (QED) is 0.451. The van der Waals surface area contributed by atoms with E-state index in [2.05, 4.69) is 15.5 Å². The minimum Gasteiger partial charge on any atom is -0.490 e. The topological polar surface area (TPSA) is 131 Å². The summed E-state index contributed by atoms with van der Waals surface area (Å²) < 4.78 is 89.5. The summed E-state index contributed by atoms with van der Waals surface area (Å²) in [5, 5.41) is 18.0. The Morgan fingerprint density at radius 2 is 1.81 bits per heavy atom. The van der Waals surface area contributed by atoms with Crippen LogP contribution in [0.3, 0.4) is 0 Å². The Kier molecular flexibility index (Phi) is 7.40. The molecule has 3 rings (SSSR count). The van der Waals surface area contributed by atoms with E-state index in [1.165, 1.54) is 25.1 Å². The van der Waals surface area contributed by atoms with Crippen LogP contribution >= 0.6 is 0 Å². The molecule has 0 spiro atoms. The van der Waals surface area contributed by atoms with Crippen LogP contribution in [0.1, 0.15) is 32.7 Å². The molecule has 3 aromatic rings. The number of aryl methyl sites for hydroxylation is 1. The van der Waals surface area contributed by atoms with Crippen molar-refractivity contribution in [2.24, 2.45) is 0 Å². The number of nitrogens with one attached hydrogen (secondary N) is 1. The summed E-state index contributed by atoms with van der Waals surface area (Å²) in [5.41, 5.74) is -3.08. The fourth-order valence-electron chi connectivity index (χ4n) is 3.34. The number of aromatic nitrogens is 2. The lowest BCUT2D eigenvalue weighted by Gasteiger charge is -2.18. The molecular weight excluding hydrogens is 520 g/mol. The highest BCUT2D eigenvalue weighted by Crippen LogP contribution is 2.40. The van der Waals surface area contributed by atoms with E-state index in [1.54, 1.807) is 6.07 Å². The van der Waals surface area contributed by atoms with E-state index in [1.807, 2.05) is 0 Å². The van der Waals surface area contributed by atoms with Crippen molar-refractivity contribution in [3.63, 3.8) is 0 Å². The molecule has 0 aliphatic rings. The number of alkyl halides is 3. The molecule has 1 N–H and O–H groups in total. The Morgan fingerprint density at radius 1 is 1.14 bits per heavy atom. The lowest BCUT2D eigenvalue weighted by molar-refractivity contribution is -0.142. The summed E-state index contributed by atoms with van der Waals surface area (Å²) in [5.74, 6) is -3.83. The summed E-state index contributed by atoms with van der Waals surface area (Å²) in [7, 11) is -2.57. The number of hydrogen-bond donors (Lipinski definition) is 1. The van der Waals surface area contributed by atoms with Gasteiger partial charge in [-0.1, -0.05) is 6.07 Å². The molecule has 194 valence electrons. The molecule has 1 heterocycles. The zero-order chi connectivity index (χ0) is 27.7. The number of nitriles is 1. The van der Waals surface area contributed by atoms with Crippen LogP contribution in [-0.4, -0.2) is 37.9 Å². The number of halogens is 4. The van der Waals surface area contributed by atoms with Gasteiger partial charge in [-0.2, -0.15) is 18.4 Å². The molecule has 14 heteroatoms. The number of carbonyl (C=O) groups is 1. The van der Waals surface area contributed by atoms with Crippen LogP contribution < -0.4 is 14.8 Å². The van der Waals surface area contributed by atoms with Crippen molar-refractivity contribution in [1.29, 1.82) is 5.26 Å². The van der Waals surface area contributed by atoms with Crippen LogP contribution in [0.4, 0.5) is 23.2 Å². The van der Waals surface area contributed by atoms with Crippen molar-refractivity contribution in [3.8, 4) is 23.4 Å². The average molecular weight is 538 g/mol. The number of benzene rings is 2. The fourth-order valence-corrected chi connectivity index (χ4v) is 4.01. The van der Waals surface area contributed by atoms with Crippen molar-refractivity contribution in [2.45, 2.75) is 24.9 Å². The Hall–Kier alpha value is -4.25. The van der Waals surface area contributed by atoms with Gasteiger partial charge >= 0.3 is 6.18 Å². The normalized spacial score (nSPS) is 11.5. The highest BCUT2D eigenvalue weighted by Gasteiger charge is 2.38. The smallest absolute Gasteiger partial charge is 0.435 e. The van der Waals surface area contributed by atoms with E-state index in [4.69, 9.17) is 14.7 Å². The Bertz CT molecular complexity index is 1550. The summed E-state index contributed by atoms with van der Waals surface area (Å²) in [6, 6.07) is 7.80. The number of nitrogens with zero attached hydrogens (tertiary/aromatic N) is 3. The highest BCUT2D eigenvalue weighted by molar-refractivity contribution is 7.90. The average Bonchev–Trinajstić information content (AvgIpc) is 2.80. The first kappa shape index (κ1) is 27.3. The zero-order valence-electron chi connectivity index (χ0n) is 19.7. The van der Waals surface area contributed by atoms with Gasteiger partial charge < -0.3 is 14.8 Å². The van der Waals surface area contributed by atoms with E-state index >= 15 is 0 Å². The van der Waals surface area contributed by atoms with Gasteiger partial charge in [-0.25, -0.2) is 12.8 Å². The van der Waals surface area contributed by atoms with Crippen molar-refractivity contribution in [2.75, 3.05) is 18.7 Å². The third kappa shape index (κ3) is 5.61. The maximum Gasteiger partial charge on any atom is 0.435 e. The van der Waals surface area contributed by atoms with Crippen molar-refractivity contribution in [1.82, 2.24) is 10.2 Å². The second kappa shape index (κ2) is 10.0. The van der Waals surface area contributed by atoms with E-state index in [0.29, 0.717) is 0 Å². The first-order chi connectivity index (χ1) is 17.2. The van der Waals surface area contributed by atoms with Gasteiger partial charge in [0.25, 0.3) is 11.8 Å². The minimum absolute atomic E-state index is 0.0400. The van der Waals surface area contributed by atoms with E-state index in [-0.39, 0.29) is 27.5 Å². The highest BCUT2D eigenvalue weighted by atomic mass is 32.2. The van der Waals surface area contributed by atoms with Gasteiger partial charge in [0.1, 0.15) is 11.6 Å². The minimum atomic E-state index is -4.98.